The average molecular weight is 322 g/mol. The molecule has 0 spiro atoms. The summed E-state index contributed by atoms with van der Waals surface area (Å²) in [7, 11) is 0. The van der Waals surface area contributed by atoms with Crippen LogP contribution < -0.4 is 16.4 Å². The van der Waals surface area contributed by atoms with Gasteiger partial charge in [0.05, 0.1) is 22.2 Å². The van der Waals surface area contributed by atoms with E-state index in [9.17, 15) is 0 Å². The highest BCUT2D eigenvalue weighted by atomic mass is 15.3. The van der Waals surface area contributed by atoms with Gasteiger partial charge in [0.2, 0.25) is 11.4 Å². The second-order valence-corrected chi connectivity index (χ2v) is 7.51. The van der Waals surface area contributed by atoms with Crippen LogP contribution in [0.1, 0.15) is 44.1 Å². The summed E-state index contributed by atoms with van der Waals surface area (Å²) in [4.78, 5) is 3.59. The number of nitrogen functional groups attached to an aromatic ring is 1. The van der Waals surface area contributed by atoms with Crippen LogP contribution in [0.5, 0.6) is 0 Å². The van der Waals surface area contributed by atoms with Crippen molar-refractivity contribution in [3.63, 3.8) is 0 Å². The van der Waals surface area contributed by atoms with E-state index in [0.717, 1.165) is 53.0 Å². The van der Waals surface area contributed by atoms with Crippen molar-refractivity contribution in [1.29, 1.82) is 0 Å². The Labute approximate surface area is 141 Å². The Morgan fingerprint density at radius 2 is 2.00 bits per heavy atom. The quantitative estimate of drug-likeness (QED) is 0.365. The first kappa shape index (κ1) is 15.0. The molecule has 2 aromatic heterocycles. The molecule has 1 aliphatic rings. The van der Waals surface area contributed by atoms with Crippen molar-refractivity contribution in [2.75, 3.05) is 5.84 Å². The van der Waals surface area contributed by atoms with Crippen molar-refractivity contribution in [3.05, 3.63) is 41.2 Å². The number of hydrogen-bond donors (Lipinski definition) is 3. The number of nitrogens with zero attached hydrogens (tertiary/aromatic N) is 2. The summed E-state index contributed by atoms with van der Waals surface area (Å²) >= 11 is 0. The highest BCUT2D eigenvalue weighted by molar-refractivity contribution is 6.18. The molecule has 4 rings (SSSR count). The summed E-state index contributed by atoms with van der Waals surface area (Å²) in [5, 5.41) is 6.52. The van der Waals surface area contributed by atoms with Crippen molar-refractivity contribution >= 4 is 27.5 Å². The predicted octanol–water partition coefficient (Wildman–Crippen LogP) is 2.52. The van der Waals surface area contributed by atoms with Crippen LogP contribution in [-0.2, 0) is 12.8 Å². The third-order valence-corrected chi connectivity index (χ3v) is 5.19. The van der Waals surface area contributed by atoms with E-state index in [2.05, 4.69) is 49.1 Å². The molecule has 0 amide bonds. The highest BCUT2D eigenvalue weighted by Gasteiger charge is 2.39. The molecule has 5 nitrogen and oxygen atoms in total. The van der Waals surface area contributed by atoms with Gasteiger partial charge in [-0.3, -0.25) is 0 Å². The van der Waals surface area contributed by atoms with E-state index in [0.29, 0.717) is 0 Å². The Bertz CT molecular complexity index is 994. The van der Waals surface area contributed by atoms with Crippen molar-refractivity contribution in [2.45, 2.75) is 40.0 Å². The summed E-state index contributed by atoms with van der Waals surface area (Å²) in [6.45, 7) is 6.63. The summed E-state index contributed by atoms with van der Waals surface area (Å²) < 4.78 is 1.88. The molecule has 2 heterocycles. The van der Waals surface area contributed by atoms with Gasteiger partial charge in [-0.05, 0) is 17.9 Å². The molecule has 24 heavy (non-hydrogen) atoms. The van der Waals surface area contributed by atoms with Gasteiger partial charge in [0.15, 0.2) is 0 Å². The predicted molar refractivity (Wildman–Crippen MR) is 98.4 cm³/mol. The van der Waals surface area contributed by atoms with Crippen molar-refractivity contribution in [3.8, 4) is 0 Å². The molecule has 0 bridgehead atoms. The second-order valence-electron chi connectivity index (χ2n) is 7.51. The first-order valence-corrected chi connectivity index (χ1v) is 8.49. The molecule has 5 N–H and O–H groups in total. The molecular weight excluding hydrogens is 298 g/mol. The highest BCUT2D eigenvalue weighted by Crippen LogP contribution is 2.38. The third kappa shape index (κ3) is 1.94. The van der Waals surface area contributed by atoms with Gasteiger partial charge in [0.1, 0.15) is 0 Å². The van der Waals surface area contributed by atoms with Crippen LogP contribution in [0.4, 0.5) is 0 Å². The smallest absolute Gasteiger partial charge is 0.223 e. The minimum Gasteiger partial charge on any atom is -0.354 e. The van der Waals surface area contributed by atoms with Crippen LogP contribution in [0.25, 0.3) is 21.8 Å². The molecule has 1 aliphatic carbocycles. The molecule has 0 fully saturated rings. The third-order valence-electron chi connectivity index (χ3n) is 5.19. The molecule has 0 unspecified atom stereocenters. The van der Waals surface area contributed by atoms with Crippen LogP contribution in [0.2, 0.25) is 0 Å². The Balaban J connectivity index is 2.22. The second kappa shape index (κ2) is 4.97. The van der Waals surface area contributed by atoms with Crippen LogP contribution in [0, 0.1) is 5.41 Å². The standard InChI is InChI=1S/C19H23N5/c1-4-14-16-11-7-5-6-8-12(11)22-18(16)17-13(23-20)9-19(2,3)10-15(17)24(14)21/h5-8H,4,9-10,20-21H2,1-3H3/p+1. The summed E-state index contributed by atoms with van der Waals surface area (Å²) in [5.74, 6) is 12.3. The number of rotatable bonds is 1. The number of nitrogens with one attached hydrogen (secondary N) is 1. The number of aromatic nitrogens is 2. The lowest BCUT2D eigenvalue weighted by atomic mass is 9.74. The topological polar surface area (TPSA) is 84.1 Å². The van der Waals surface area contributed by atoms with E-state index < -0.39 is 0 Å². The lowest BCUT2D eigenvalue weighted by molar-refractivity contribution is -0.654. The van der Waals surface area contributed by atoms with Gasteiger partial charge in [0.25, 0.3) is 0 Å². The fraction of sp³-hybridized carbons (Fsp3) is 0.368. The fourth-order valence-corrected chi connectivity index (χ4v) is 4.18. The summed E-state index contributed by atoms with van der Waals surface area (Å²) in [5.41, 5.74) is 6.61. The Morgan fingerprint density at radius 1 is 1.25 bits per heavy atom. The molecule has 3 aromatic rings. The number of H-pyrrole nitrogens is 1. The maximum atomic E-state index is 6.58. The lowest BCUT2D eigenvalue weighted by Gasteiger charge is -2.29. The molecule has 124 valence electrons. The van der Waals surface area contributed by atoms with Gasteiger partial charge in [-0.15, -0.1) is 0 Å². The van der Waals surface area contributed by atoms with Gasteiger partial charge in [-0.25, -0.2) is 5.84 Å². The number of fused-ring (bicyclic) bond motifs is 5. The molecule has 0 atom stereocenters. The van der Waals surface area contributed by atoms with Crippen LogP contribution in [-0.4, -0.2) is 10.7 Å². The van der Waals surface area contributed by atoms with Crippen molar-refractivity contribution < 1.29 is 4.68 Å². The number of para-hydroxylation sites is 1. The monoisotopic (exact) mass is 322 g/mol. The van der Waals surface area contributed by atoms with E-state index in [1.807, 2.05) is 10.7 Å². The zero-order valence-electron chi connectivity index (χ0n) is 14.5. The molecule has 0 aliphatic heterocycles. The minimum absolute atomic E-state index is 0.0943. The molecule has 0 saturated heterocycles. The molecule has 0 radical (unpaired) electrons. The first-order chi connectivity index (χ1) is 11.5. The maximum Gasteiger partial charge on any atom is 0.223 e. The van der Waals surface area contributed by atoms with E-state index >= 15 is 0 Å². The number of aromatic amines is 1. The number of hydrazone groups is 1. The lowest BCUT2D eigenvalue weighted by Crippen LogP contribution is -2.55. The van der Waals surface area contributed by atoms with Gasteiger partial charge in [0, 0.05) is 23.7 Å². The first-order valence-electron chi connectivity index (χ1n) is 8.49. The van der Waals surface area contributed by atoms with E-state index in [1.165, 1.54) is 10.8 Å². The van der Waals surface area contributed by atoms with E-state index in [-0.39, 0.29) is 5.41 Å². The molecular formula is C19H24N5+. The van der Waals surface area contributed by atoms with Crippen molar-refractivity contribution in [1.82, 2.24) is 4.98 Å². The summed E-state index contributed by atoms with van der Waals surface area (Å²) in [6, 6.07) is 8.36. The Hall–Kier alpha value is -2.56. The fourth-order valence-electron chi connectivity index (χ4n) is 4.18. The van der Waals surface area contributed by atoms with Crippen LogP contribution in [0.3, 0.4) is 0 Å². The van der Waals surface area contributed by atoms with Crippen molar-refractivity contribution in [2.24, 2.45) is 16.4 Å². The van der Waals surface area contributed by atoms with Crippen LogP contribution in [0.15, 0.2) is 29.4 Å². The molecule has 0 saturated carbocycles. The normalized spacial score (nSPS) is 18.4. The zero-order valence-corrected chi connectivity index (χ0v) is 14.5. The van der Waals surface area contributed by atoms with Gasteiger partial charge in [-0.1, -0.05) is 43.6 Å². The van der Waals surface area contributed by atoms with Gasteiger partial charge in [-0.2, -0.15) is 5.10 Å². The largest absolute Gasteiger partial charge is 0.354 e. The number of benzene rings is 1. The number of nitrogens with two attached hydrogens (primary N) is 2. The minimum atomic E-state index is 0.0943. The summed E-state index contributed by atoms with van der Waals surface area (Å²) in [6.07, 6.45) is 2.64. The molecule has 1 aromatic carbocycles. The van der Waals surface area contributed by atoms with Gasteiger partial charge >= 0.3 is 0 Å². The molecule has 5 heteroatoms. The SMILES string of the molecule is CCc1c2c([nH]c3ccccc32)c2c([n+]1N)CC(C)(C)CC2=NN. The number of pyridine rings is 1. The zero-order chi connectivity index (χ0) is 17.1. The maximum absolute atomic E-state index is 6.58. The number of hydrogen-bond acceptors (Lipinski definition) is 3. The Morgan fingerprint density at radius 3 is 2.71 bits per heavy atom. The van der Waals surface area contributed by atoms with E-state index in [1.54, 1.807) is 0 Å². The average Bonchev–Trinajstić information content (AvgIpc) is 2.93. The van der Waals surface area contributed by atoms with Gasteiger partial charge < -0.3 is 10.8 Å². The number of aryl methyl sites for hydroxylation is 1. The van der Waals surface area contributed by atoms with Crippen LogP contribution >= 0.6 is 0 Å². The Kier molecular flexibility index (Phi) is 3.10. The van der Waals surface area contributed by atoms with E-state index in [4.69, 9.17) is 11.7 Å².